The van der Waals surface area contributed by atoms with E-state index in [0.717, 1.165) is 24.4 Å². The molecular weight excluding hydrogens is 254 g/mol. The SMILES string of the molecule is COc1cccc(CC2CNc3ccc(O)cc3O2)c1. The third kappa shape index (κ3) is 2.64. The molecule has 4 heteroatoms. The molecule has 0 bridgehead atoms. The second-order valence-electron chi connectivity index (χ2n) is 4.86. The van der Waals surface area contributed by atoms with Gasteiger partial charge in [0.15, 0.2) is 0 Å². The first-order valence-electron chi connectivity index (χ1n) is 6.61. The highest BCUT2D eigenvalue weighted by Crippen LogP contribution is 2.33. The average Bonchev–Trinajstić information content (AvgIpc) is 2.47. The van der Waals surface area contributed by atoms with Crippen molar-refractivity contribution >= 4 is 5.69 Å². The molecule has 2 aromatic rings. The number of nitrogens with one attached hydrogen (secondary N) is 1. The molecule has 2 N–H and O–H groups in total. The standard InChI is InChI=1S/C16H17NO3/c1-19-13-4-2-3-11(7-13)8-14-10-17-15-6-5-12(18)9-16(15)20-14/h2-7,9,14,17-18H,8,10H2,1H3. The van der Waals surface area contributed by atoms with Crippen LogP contribution in [0.3, 0.4) is 0 Å². The number of phenols is 1. The van der Waals surface area contributed by atoms with E-state index in [1.807, 2.05) is 24.3 Å². The van der Waals surface area contributed by atoms with E-state index in [9.17, 15) is 5.11 Å². The molecular formula is C16H17NO3. The largest absolute Gasteiger partial charge is 0.508 e. The van der Waals surface area contributed by atoms with Gasteiger partial charge in [0.1, 0.15) is 23.4 Å². The number of rotatable bonds is 3. The van der Waals surface area contributed by atoms with Gasteiger partial charge in [-0.3, -0.25) is 0 Å². The number of phenolic OH excluding ortho intramolecular Hbond substituents is 1. The van der Waals surface area contributed by atoms with Crippen molar-refractivity contribution in [2.75, 3.05) is 19.0 Å². The molecule has 0 saturated carbocycles. The van der Waals surface area contributed by atoms with Crippen LogP contribution in [-0.4, -0.2) is 24.9 Å². The topological polar surface area (TPSA) is 50.7 Å². The van der Waals surface area contributed by atoms with Gasteiger partial charge in [0, 0.05) is 12.5 Å². The van der Waals surface area contributed by atoms with Gasteiger partial charge in [-0.15, -0.1) is 0 Å². The normalized spacial score (nSPS) is 16.8. The fourth-order valence-electron chi connectivity index (χ4n) is 2.38. The minimum atomic E-state index is 0.0383. The van der Waals surface area contributed by atoms with Gasteiger partial charge in [-0.2, -0.15) is 0 Å². The van der Waals surface area contributed by atoms with Gasteiger partial charge >= 0.3 is 0 Å². The van der Waals surface area contributed by atoms with E-state index in [4.69, 9.17) is 9.47 Å². The fourth-order valence-corrected chi connectivity index (χ4v) is 2.38. The second-order valence-corrected chi connectivity index (χ2v) is 4.86. The number of hydrogen-bond donors (Lipinski definition) is 2. The van der Waals surface area contributed by atoms with Gasteiger partial charge < -0.3 is 19.9 Å². The molecule has 104 valence electrons. The van der Waals surface area contributed by atoms with Crippen LogP contribution >= 0.6 is 0 Å². The Morgan fingerprint density at radius 1 is 1.30 bits per heavy atom. The highest BCUT2D eigenvalue weighted by molar-refractivity contribution is 5.60. The Balaban J connectivity index is 1.73. The zero-order valence-electron chi connectivity index (χ0n) is 11.3. The minimum Gasteiger partial charge on any atom is -0.508 e. The van der Waals surface area contributed by atoms with Crippen molar-refractivity contribution in [3.63, 3.8) is 0 Å². The van der Waals surface area contributed by atoms with Crippen LogP contribution in [0.2, 0.25) is 0 Å². The van der Waals surface area contributed by atoms with Crippen LogP contribution < -0.4 is 14.8 Å². The molecule has 0 spiro atoms. The Bertz CT molecular complexity index is 612. The van der Waals surface area contributed by atoms with Crippen LogP contribution in [0.25, 0.3) is 0 Å². The molecule has 1 atom stereocenters. The number of benzene rings is 2. The predicted molar refractivity (Wildman–Crippen MR) is 77.7 cm³/mol. The number of hydrogen-bond acceptors (Lipinski definition) is 4. The minimum absolute atomic E-state index is 0.0383. The number of methoxy groups -OCH3 is 1. The van der Waals surface area contributed by atoms with Crippen molar-refractivity contribution in [1.82, 2.24) is 0 Å². The first-order valence-corrected chi connectivity index (χ1v) is 6.61. The van der Waals surface area contributed by atoms with E-state index < -0.39 is 0 Å². The average molecular weight is 271 g/mol. The van der Waals surface area contributed by atoms with Crippen LogP contribution in [0.4, 0.5) is 5.69 Å². The van der Waals surface area contributed by atoms with Crippen molar-refractivity contribution in [3.8, 4) is 17.2 Å². The van der Waals surface area contributed by atoms with E-state index in [-0.39, 0.29) is 11.9 Å². The lowest BCUT2D eigenvalue weighted by Crippen LogP contribution is -2.32. The van der Waals surface area contributed by atoms with E-state index in [1.165, 1.54) is 5.56 Å². The van der Waals surface area contributed by atoms with E-state index in [1.54, 1.807) is 19.2 Å². The molecule has 20 heavy (non-hydrogen) atoms. The summed E-state index contributed by atoms with van der Waals surface area (Å²) in [5.41, 5.74) is 2.09. The van der Waals surface area contributed by atoms with Gasteiger partial charge in [-0.05, 0) is 29.8 Å². The highest BCUT2D eigenvalue weighted by Gasteiger charge is 2.20. The molecule has 1 aliphatic heterocycles. The van der Waals surface area contributed by atoms with E-state index in [2.05, 4.69) is 11.4 Å². The lowest BCUT2D eigenvalue weighted by molar-refractivity contribution is 0.205. The van der Waals surface area contributed by atoms with Crippen LogP contribution in [0.1, 0.15) is 5.56 Å². The van der Waals surface area contributed by atoms with Crippen molar-refractivity contribution < 1.29 is 14.6 Å². The third-order valence-corrected chi connectivity index (χ3v) is 3.38. The van der Waals surface area contributed by atoms with Gasteiger partial charge in [-0.25, -0.2) is 0 Å². The lowest BCUT2D eigenvalue weighted by atomic mass is 10.1. The smallest absolute Gasteiger partial charge is 0.146 e. The van der Waals surface area contributed by atoms with E-state index in [0.29, 0.717) is 5.75 Å². The Morgan fingerprint density at radius 3 is 3.05 bits per heavy atom. The molecule has 1 aliphatic rings. The molecule has 3 rings (SSSR count). The quantitative estimate of drug-likeness (QED) is 0.843. The zero-order valence-corrected chi connectivity index (χ0v) is 11.3. The Hall–Kier alpha value is -2.36. The third-order valence-electron chi connectivity index (χ3n) is 3.38. The predicted octanol–water partition coefficient (Wildman–Crippen LogP) is 2.82. The first-order chi connectivity index (χ1) is 9.74. The number of aromatic hydroxyl groups is 1. The van der Waals surface area contributed by atoms with Gasteiger partial charge in [0.25, 0.3) is 0 Å². The highest BCUT2D eigenvalue weighted by atomic mass is 16.5. The number of ether oxygens (including phenoxy) is 2. The molecule has 0 amide bonds. The van der Waals surface area contributed by atoms with Crippen LogP contribution in [0, 0.1) is 0 Å². The molecule has 4 nitrogen and oxygen atoms in total. The monoisotopic (exact) mass is 271 g/mol. The Morgan fingerprint density at radius 2 is 2.20 bits per heavy atom. The molecule has 0 saturated heterocycles. The molecule has 0 aromatic heterocycles. The summed E-state index contributed by atoms with van der Waals surface area (Å²) < 4.78 is 11.2. The maximum Gasteiger partial charge on any atom is 0.146 e. The lowest BCUT2D eigenvalue weighted by Gasteiger charge is -2.27. The fraction of sp³-hybridized carbons (Fsp3) is 0.250. The summed E-state index contributed by atoms with van der Waals surface area (Å²) in [5, 5.41) is 12.8. The summed E-state index contributed by atoms with van der Waals surface area (Å²) in [4.78, 5) is 0. The molecule has 2 aromatic carbocycles. The summed E-state index contributed by atoms with van der Waals surface area (Å²) >= 11 is 0. The maximum atomic E-state index is 9.51. The summed E-state index contributed by atoms with van der Waals surface area (Å²) in [5.74, 6) is 1.76. The molecule has 0 aliphatic carbocycles. The zero-order chi connectivity index (χ0) is 13.9. The maximum absolute atomic E-state index is 9.51. The van der Waals surface area contributed by atoms with Gasteiger partial charge in [0.2, 0.25) is 0 Å². The molecule has 0 radical (unpaired) electrons. The summed E-state index contributed by atoms with van der Waals surface area (Å²) in [6, 6.07) is 13.1. The molecule has 1 heterocycles. The number of fused-ring (bicyclic) bond motifs is 1. The number of anilines is 1. The summed E-state index contributed by atoms with van der Waals surface area (Å²) in [7, 11) is 1.66. The molecule has 1 unspecified atom stereocenters. The summed E-state index contributed by atoms with van der Waals surface area (Å²) in [6.07, 6.45) is 0.829. The van der Waals surface area contributed by atoms with Crippen molar-refractivity contribution in [1.29, 1.82) is 0 Å². The van der Waals surface area contributed by atoms with Gasteiger partial charge in [-0.1, -0.05) is 12.1 Å². The van der Waals surface area contributed by atoms with E-state index >= 15 is 0 Å². The van der Waals surface area contributed by atoms with Gasteiger partial charge in [0.05, 0.1) is 19.3 Å². The second kappa shape index (κ2) is 5.33. The van der Waals surface area contributed by atoms with Crippen LogP contribution in [0.5, 0.6) is 17.2 Å². The van der Waals surface area contributed by atoms with Crippen LogP contribution in [-0.2, 0) is 6.42 Å². The Labute approximate surface area is 118 Å². The molecule has 0 fully saturated rings. The van der Waals surface area contributed by atoms with Crippen molar-refractivity contribution in [2.24, 2.45) is 0 Å². The van der Waals surface area contributed by atoms with Crippen molar-refractivity contribution in [3.05, 3.63) is 48.0 Å². The van der Waals surface area contributed by atoms with Crippen molar-refractivity contribution in [2.45, 2.75) is 12.5 Å². The van der Waals surface area contributed by atoms with Crippen LogP contribution in [0.15, 0.2) is 42.5 Å². The summed E-state index contributed by atoms with van der Waals surface area (Å²) in [6.45, 7) is 0.745. The first kappa shape index (κ1) is 12.7. The Kier molecular flexibility index (Phi) is 3.37.